The van der Waals surface area contributed by atoms with Gasteiger partial charge in [-0.3, -0.25) is 9.69 Å². The number of ether oxygens (including phenoxy) is 1. The summed E-state index contributed by atoms with van der Waals surface area (Å²) in [5.74, 6) is 0.650. The average Bonchev–Trinajstić information content (AvgIpc) is 2.83. The largest absolute Gasteiger partial charge is 0.497 e. The third kappa shape index (κ3) is 3.23. The number of benzene rings is 2. The van der Waals surface area contributed by atoms with Crippen LogP contribution in [0.5, 0.6) is 5.75 Å². The van der Waals surface area contributed by atoms with Crippen LogP contribution in [0.25, 0.3) is 6.08 Å². The third-order valence-corrected chi connectivity index (χ3v) is 4.66. The van der Waals surface area contributed by atoms with Crippen LogP contribution >= 0.6 is 24.0 Å². The van der Waals surface area contributed by atoms with Crippen molar-refractivity contribution in [3.63, 3.8) is 0 Å². The van der Waals surface area contributed by atoms with Gasteiger partial charge in [0.1, 0.15) is 5.75 Å². The van der Waals surface area contributed by atoms with Crippen LogP contribution in [0.1, 0.15) is 5.56 Å². The maximum absolute atomic E-state index is 12.6. The zero-order valence-electron chi connectivity index (χ0n) is 12.4. The normalized spacial score (nSPS) is 16.2. The molecule has 1 aliphatic rings. The first kappa shape index (κ1) is 15.6. The van der Waals surface area contributed by atoms with Crippen molar-refractivity contribution in [3.05, 3.63) is 59.0 Å². The van der Waals surface area contributed by atoms with Gasteiger partial charge in [0, 0.05) is 5.69 Å². The predicted octanol–water partition coefficient (Wildman–Crippen LogP) is 3.68. The van der Waals surface area contributed by atoms with Crippen molar-refractivity contribution in [2.45, 2.75) is 0 Å². The summed E-state index contributed by atoms with van der Waals surface area (Å²) in [7, 11) is 1.62. The van der Waals surface area contributed by atoms with Crippen LogP contribution in [0.2, 0.25) is 0 Å². The van der Waals surface area contributed by atoms with Gasteiger partial charge in [0.05, 0.1) is 17.7 Å². The SMILES string of the molecule is COc1ccc(/C=C2/SC(=S)N(c3ccc(N)cc3)C2=O)cc1. The number of carbonyl (C=O) groups is 1. The highest BCUT2D eigenvalue weighted by Gasteiger charge is 2.33. The van der Waals surface area contributed by atoms with Gasteiger partial charge in [-0.2, -0.15) is 0 Å². The number of hydrogen-bond acceptors (Lipinski definition) is 5. The quantitative estimate of drug-likeness (QED) is 0.524. The van der Waals surface area contributed by atoms with E-state index in [9.17, 15) is 4.79 Å². The van der Waals surface area contributed by atoms with Crippen LogP contribution in [-0.4, -0.2) is 17.3 Å². The fraction of sp³-hybridized carbons (Fsp3) is 0.0588. The number of thiocarbonyl (C=S) groups is 1. The Bertz CT molecular complexity index is 783. The molecule has 0 bridgehead atoms. The lowest BCUT2D eigenvalue weighted by Gasteiger charge is -2.14. The Kier molecular flexibility index (Phi) is 4.36. The van der Waals surface area contributed by atoms with E-state index < -0.39 is 0 Å². The van der Waals surface area contributed by atoms with Crippen LogP contribution in [0.4, 0.5) is 11.4 Å². The third-order valence-electron chi connectivity index (χ3n) is 3.36. The molecule has 0 saturated carbocycles. The highest BCUT2D eigenvalue weighted by Crippen LogP contribution is 2.36. The van der Waals surface area contributed by atoms with Gasteiger partial charge in [-0.1, -0.05) is 36.1 Å². The van der Waals surface area contributed by atoms with Crippen molar-refractivity contribution in [1.29, 1.82) is 0 Å². The number of hydrogen-bond donors (Lipinski definition) is 1. The molecule has 116 valence electrons. The van der Waals surface area contributed by atoms with Gasteiger partial charge in [0.15, 0.2) is 4.32 Å². The minimum absolute atomic E-state index is 0.124. The topological polar surface area (TPSA) is 55.6 Å². The number of thioether (sulfide) groups is 1. The lowest BCUT2D eigenvalue weighted by Crippen LogP contribution is -2.27. The van der Waals surface area contributed by atoms with Gasteiger partial charge in [0.2, 0.25) is 0 Å². The molecule has 0 atom stereocenters. The summed E-state index contributed by atoms with van der Waals surface area (Å²) in [5.41, 5.74) is 7.97. The first-order valence-corrected chi connectivity index (χ1v) is 8.08. The molecule has 4 nitrogen and oxygen atoms in total. The average molecular weight is 342 g/mol. The molecule has 2 aromatic rings. The molecule has 0 aliphatic carbocycles. The van der Waals surface area contributed by atoms with Crippen molar-refractivity contribution in [1.82, 2.24) is 0 Å². The first-order chi connectivity index (χ1) is 11.1. The van der Waals surface area contributed by atoms with E-state index in [0.29, 0.717) is 14.9 Å². The summed E-state index contributed by atoms with van der Waals surface area (Å²) in [4.78, 5) is 14.7. The number of nitrogen functional groups attached to an aromatic ring is 1. The van der Waals surface area contributed by atoms with E-state index in [4.69, 9.17) is 22.7 Å². The Balaban J connectivity index is 1.88. The van der Waals surface area contributed by atoms with Crippen LogP contribution in [0.15, 0.2) is 53.4 Å². The molecule has 6 heteroatoms. The summed E-state index contributed by atoms with van der Waals surface area (Å²) in [6.45, 7) is 0. The molecule has 0 spiro atoms. The van der Waals surface area contributed by atoms with Gasteiger partial charge in [-0.25, -0.2) is 0 Å². The highest BCUT2D eigenvalue weighted by atomic mass is 32.2. The lowest BCUT2D eigenvalue weighted by atomic mass is 10.2. The van der Waals surface area contributed by atoms with E-state index in [1.165, 1.54) is 16.7 Å². The van der Waals surface area contributed by atoms with Gasteiger partial charge in [0.25, 0.3) is 5.91 Å². The zero-order chi connectivity index (χ0) is 16.4. The molecule has 2 N–H and O–H groups in total. The monoisotopic (exact) mass is 342 g/mol. The summed E-state index contributed by atoms with van der Waals surface area (Å²) < 4.78 is 5.64. The molecule has 2 aromatic carbocycles. The maximum atomic E-state index is 12.6. The number of amides is 1. The molecule has 0 radical (unpaired) electrons. The Labute approximate surface area is 143 Å². The number of nitrogens with zero attached hydrogens (tertiary/aromatic N) is 1. The predicted molar refractivity (Wildman–Crippen MR) is 99.5 cm³/mol. The van der Waals surface area contributed by atoms with Gasteiger partial charge < -0.3 is 10.5 Å². The van der Waals surface area contributed by atoms with E-state index in [2.05, 4.69) is 0 Å². The van der Waals surface area contributed by atoms with E-state index in [-0.39, 0.29) is 5.91 Å². The number of rotatable bonds is 3. The van der Waals surface area contributed by atoms with Gasteiger partial charge >= 0.3 is 0 Å². The van der Waals surface area contributed by atoms with Crippen molar-refractivity contribution >= 4 is 51.7 Å². The lowest BCUT2D eigenvalue weighted by molar-refractivity contribution is -0.113. The molecule has 1 saturated heterocycles. The van der Waals surface area contributed by atoms with E-state index in [1.807, 2.05) is 30.3 Å². The molecular formula is C17H14N2O2S2. The molecule has 1 aliphatic heterocycles. The summed E-state index contributed by atoms with van der Waals surface area (Å²) >= 11 is 6.63. The number of nitrogens with two attached hydrogens (primary N) is 1. The first-order valence-electron chi connectivity index (χ1n) is 6.86. The number of carbonyl (C=O) groups excluding carboxylic acids is 1. The summed E-state index contributed by atoms with van der Waals surface area (Å²) in [5, 5.41) is 0. The molecule has 1 fully saturated rings. The Hall–Kier alpha value is -2.31. The van der Waals surface area contributed by atoms with E-state index >= 15 is 0 Å². The minimum Gasteiger partial charge on any atom is -0.497 e. The summed E-state index contributed by atoms with van der Waals surface area (Å²) in [6, 6.07) is 14.6. The molecule has 0 unspecified atom stereocenters. The van der Waals surface area contributed by atoms with Crippen LogP contribution in [0.3, 0.4) is 0 Å². The molecule has 0 aromatic heterocycles. The van der Waals surface area contributed by atoms with Crippen molar-refractivity contribution in [3.8, 4) is 5.75 Å². The van der Waals surface area contributed by atoms with Crippen LogP contribution in [0, 0.1) is 0 Å². The van der Waals surface area contributed by atoms with Crippen molar-refractivity contribution < 1.29 is 9.53 Å². The molecular weight excluding hydrogens is 328 g/mol. The van der Waals surface area contributed by atoms with Crippen molar-refractivity contribution in [2.75, 3.05) is 17.7 Å². The van der Waals surface area contributed by atoms with Crippen LogP contribution in [-0.2, 0) is 4.79 Å². The Morgan fingerprint density at radius 2 is 1.78 bits per heavy atom. The van der Waals surface area contributed by atoms with Crippen molar-refractivity contribution in [2.24, 2.45) is 0 Å². The standard InChI is InChI=1S/C17H14N2O2S2/c1-21-14-8-2-11(3-9-14)10-15-16(20)19(17(22)23-15)13-6-4-12(18)5-7-13/h2-10H,18H2,1H3/b15-10+. The molecule has 1 amide bonds. The van der Waals surface area contributed by atoms with Gasteiger partial charge in [-0.15, -0.1) is 0 Å². The smallest absolute Gasteiger partial charge is 0.270 e. The maximum Gasteiger partial charge on any atom is 0.270 e. The zero-order valence-corrected chi connectivity index (χ0v) is 14.0. The molecule has 3 rings (SSSR count). The fourth-order valence-electron chi connectivity index (χ4n) is 2.17. The fourth-order valence-corrected chi connectivity index (χ4v) is 3.46. The summed E-state index contributed by atoms with van der Waals surface area (Å²) in [6.07, 6.45) is 1.83. The van der Waals surface area contributed by atoms with E-state index in [0.717, 1.165) is 17.0 Å². The van der Waals surface area contributed by atoms with Gasteiger partial charge in [-0.05, 0) is 48.0 Å². The molecule has 1 heterocycles. The Morgan fingerprint density at radius 3 is 2.39 bits per heavy atom. The second kappa shape index (κ2) is 6.44. The Morgan fingerprint density at radius 1 is 1.13 bits per heavy atom. The number of anilines is 2. The second-order valence-electron chi connectivity index (χ2n) is 4.88. The number of methoxy groups -OCH3 is 1. The van der Waals surface area contributed by atoms with E-state index in [1.54, 1.807) is 31.4 Å². The minimum atomic E-state index is -0.124. The van der Waals surface area contributed by atoms with Crippen LogP contribution < -0.4 is 15.4 Å². The highest BCUT2D eigenvalue weighted by molar-refractivity contribution is 8.27. The molecule has 23 heavy (non-hydrogen) atoms. The second-order valence-corrected chi connectivity index (χ2v) is 6.56.